The van der Waals surface area contributed by atoms with E-state index in [1.807, 2.05) is 0 Å². The topological polar surface area (TPSA) is 118 Å². The molecule has 21 heavy (non-hydrogen) atoms. The largest absolute Gasteiger partial charge is 0.481 e. The quantitative estimate of drug-likeness (QED) is 0.498. The number of carboxylic acid groups (broad SMARTS) is 2. The zero-order valence-corrected chi connectivity index (χ0v) is 10.9. The van der Waals surface area contributed by atoms with Crippen molar-refractivity contribution >= 4 is 17.6 Å². The van der Waals surface area contributed by atoms with Crippen molar-refractivity contribution in [1.82, 2.24) is 0 Å². The molecular formula is C14H13NO6. The molecule has 1 aromatic carbocycles. The molecular weight excluding hydrogens is 278 g/mol. The highest BCUT2D eigenvalue weighted by Gasteiger charge is 2.40. The number of benzene rings is 1. The number of nitro benzene ring substituents is 1. The Morgan fingerprint density at radius 3 is 2.24 bits per heavy atom. The fraction of sp³-hybridized carbons (Fsp3) is 0.286. The van der Waals surface area contributed by atoms with Gasteiger partial charge < -0.3 is 10.2 Å². The molecule has 1 aromatic rings. The first-order valence-corrected chi connectivity index (χ1v) is 6.28. The fourth-order valence-electron chi connectivity index (χ4n) is 2.61. The molecule has 0 spiro atoms. The van der Waals surface area contributed by atoms with E-state index < -0.39 is 34.6 Å². The van der Waals surface area contributed by atoms with Crippen LogP contribution in [0.2, 0.25) is 0 Å². The first kappa shape index (κ1) is 14.7. The molecule has 0 saturated heterocycles. The molecule has 110 valence electrons. The number of carbonyl (C=O) groups is 2. The van der Waals surface area contributed by atoms with Crippen LogP contribution in [0.3, 0.4) is 0 Å². The molecule has 0 radical (unpaired) electrons. The van der Waals surface area contributed by atoms with Gasteiger partial charge in [-0.15, -0.1) is 0 Å². The SMILES string of the molecule is O=C(O)[C@@H]1[C@H](C(=O)O)CC=C[C@H]1c1ccc([N+](=O)[O-])cc1. The van der Waals surface area contributed by atoms with Crippen molar-refractivity contribution in [2.24, 2.45) is 11.8 Å². The van der Waals surface area contributed by atoms with Gasteiger partial charge in [0.2, 0.25) is 0 Å². The number of nitrogens with zero attached hydrogens (tertiary/aromatic N) is 1. The summed E-state index contributed by atoms with van der Waals surface area (Å²) in [4.78, 5) is 32.7. The van der Waals surface area contributed by atoms with Gasteiger partial charge in [0.15, 0.2) is 0 Å². The summed E-state index contributed by atoms with van der Waals surface area (Å²) in [7, 11) is 0. The summed E-state index contributed by atoms with van der Waals surface area (Å²) in [5.74, 6) is -5.05. The van der Waals surface area contributed by atoms with E-state index in [2.05, 4.69) is 0 Å². The highest BCUT2D eigenvalue weighted by molar-refractivity contribution is 5.82. The molecule has 0 aliphatic heterocycles. The maximum atomic E-state index is 11.4. The van der Waals surface area contributed by atoms with E-state index in [1.54, 1.807) is 12.2 Å². The summed E-state index contributed by atoms with van der Waals surface area (Å²) in [6.45, 7) is 0. The van der Waals surface area contributed by atoms with Crippen LogP contribution in [-0.4, -0.2) is 27.1 Å². The van der Waals surface area contributed by atoms with Crippen LogP contribution in [0.25, 0.3) is 0 Å². The maximum absolute atomic E-state index is 11.4. The van der Waals surface area contributed by atoms with Gasteiger partial charge in [-0.05, 0) is 12.0 Å². The minimum Gasteiger partial charge on any atom is -0.481 e. The van der Waals surface area contributed by atoms with Crippen LogP contribution in [0.5, 0.6) is 0 Å². The average molecular weight is 291 g/mol. The lowest BCUT2D eigenvalue weighted by Gasteiger charge is -2.29. The van der Waals surface area contributed by atoms with Crippen molar-refractivity contribution in [2.45, 2.75) is 12.3 Å². The number of aliphatic carboxylic acids is 2. The summed E-state index contributed by atoms with van der Waals surface area (Å²) >= 11 is 0. The molecule has 7 heteroatoms. The number of hydrogen-bond donors (Lipinski definition) is 2. The van der Waals surface area contributed by atoms with E-state index in [-0.39, 0.29) is 12.1 Å². The molecule has 0 unspecified atom stereocenters. The van der Waals surface area contributed by atoms with Crippen molar-refractivity contribution in [2.75, 3.05) is 0 Å². The van der Waals surface area contributed by atoms with Crippen molar-refractivity contribution in [3.8, 4) is 0 Å². The summed E-state index contributed by atoms with van der Waals surface area (Å²) in [6.07, 6.45) is 3.46. The molecule has 7 nitrogen and oxygen atoms in total. The number of allylic oxidation sites excluding steroid dienone is 2. The van der Waals surface area contributed by atoms with E-state index >= 15 is 0 Å². The van der Waals surface area contributed by atoms with Crippen molar-refractivity contribution in [3.63, 3.8) is 0 Å². The highest BCUT2D eigenvalue weighted by Crippen LogP contribution is 2.38. The zero-order chi connectivity index (χ0) is 15.6. The summed E-state index contributed by atoms with van der Waals surface area (Å²) < 4.78 is 0. The van der Waals surface area contributed by atoms with E-state index in [0.717, 1.165) is 0 Å². The van der Waals surface area contributed by atoms with Crippen LogP contribution < -0.4 is 0 Å². The molecule has 2 N–H and O–H groups in total. The Bertz CT molecular complexity index is 606. The molecule has 1 aliphatic rings. The highest BCUT2D eigenvalue weighted by atomic mass is 16.6. The monoisotopic (exact) mass is 291 g/mol. The Morgan fingerprint density at radius 2 is 1.76 bits per heavy atom. The van der Waals surface area contributed by atoms with E-state index in [1.165, 1.54) is 24.3 Å². The molecule has 0 amide bonds. The molecule has 0 fully saturated rings. The van der Waals surface area contributed by atoms with Crippen LogP contribution >= 0.6 is 0 Å². The Labute approximate surface area is 119 Å². The molecule has 2 rings (SSSR count). The van der Waals surface area contributed by atoms with Gasteiger partial charge >= 0.3 is 11.9 Å². The number of carboxylic acids is 2. The smallest absolute Gasteiger partial charge is 0.308 e. The molecule has 0 bridgehead atoms. The summed E-state index contributed by atoms with van der Waals surface area (Å²) in [5, 5.41) is 29.1. The number of rotatable bonds is 4. The van der Waals surface area contributed by atoms with E-state index in [4.69, 9.17) is 5.11 Å². The molecule has 0 aromatic heterocycles. The Kier molecular flexibility index (Phi) is 4.02. The Balaban J connectivity index is 2.38. The van der Waals surface area contributed by atoms with Crippen molar-refractivity contribution in [1.29, 1.82) is 0 Å². The van der Waals surface area contributed by atoms with Gasteiger partial charge in [-0.3, -0.25) is 19.7 Å². The van der Waals surface area contributed by atoms with Gasteiger partial charge in [0.25, 0.3) is 5.69 Å². The fourth-order valence-corrected chi connectivity index (χ4v) is 2.61. The zero-order valence-electron chi connectivity index (χ0n) is 10.9. The predicted molar refractivity (Wildman–Crippen MR) is 71.8 cm³/mol. The van der Waals surface area contributed by atoms with Crippen LogP contribution in [0.15, 0.2) is 36.4 Å². The van der Waals surface area contributed by atoms with Gasteiger partial charge in [-0.1, -0.05) is 24.3 Å². The second-order valence-electron chi connectivity index (χ2n) is 4.85. The molecule has 0 saturated carbocycles. The number of hydrogen-bond acceptors (Lipinski definition) is 4. The lowest BCUT2D eigenvalue weighted by atomic mass is 9.73. The summed E-state index contributed by atoms with van der Waals surface area (Å²) in [5.41, 5.74) is 0.454. The van der Waals surface area contributed by atoms with Crippen LogP contribution in [-0.2, 0) is 9.59 Å². The normalized spacial score (nSPS) is 24.5. The second kappa shape index (κ2) is 5.74. The van der Waals surface area contributed by atoms with Crippen LogP contribution in [0, 0.1) is 22.0 Å². The lowest BCUT2D eigenvalue weighted by molar-refractivity contribution is -0.384. The first-order chi connectivity index (χ1) is 9.91. The van der Waals surface area contributed by atoms with Crippen molar-refractivity contribution in [3.05, 3.63) is 52.1 Å². The molecule has 3 atom stereocenters. The molecule has 0 heterocycles. The van der Waals surface area contributed by atoms with Gasteiger partial charge in [-0.2, -0.15) is 0 Å². The van der Waals surface area contributed by atoms with Gasteiger partial charge in [-0.25, -0.2) is 0 Å². The first-order valence-electron chi connectivity index (χ1n) is 6.28. The third-order valence-corrected chi connectivity index (χ3v) is 3.64. The van der Waals surface area contributed by atoms with Crippen LogP contribution in [0.4, 0.5) is 5.69 Å². The standard InChI is InChI=1S/C14H13NO6/c16-13(17)11-3-1-2-10(12(11)14(18)19)8-4-6-9(7-5-8)15(20)21/h1-2,4-7,10-12H,3H2,(H,16,17)(H,18,19)/t10-,11+,12-/m0/s1. The van der Waals surface area contributed by atoms with Crippen LogP contribution in [0.1, 0.15) is 17.9 Å². The lowest BCUT2D eigenvalue weighted by Crippen LogP contribution is -2.35. The minimum absolute atomic E-state index is 0.0970. The summed E-state index contributed by atoms with van der Waals surface area (Å²) in [6, 6.07) is 5.50. The average Bonchev–Trinajstić information content (AvgIpc) is 2.46. The van der Waals surface area contributed by atoms with Gasteiger partial charge in [0, 0.05) is 18.1 Å². The second-order valence-corrected chi connectivity index (χ2v) is 4.85. The van der Waals surface area contributed by atoms with E-state index in [0.29, 0.717) is 5.56 Å². The number of nitro groups is 1. The maximum Gasteiger partial charge on any atom is 0.308 e. The Hall–Kier alpha value is -2.70. The number of non-ortho nitro benzene ring substituents is 1. The third-order valence-electron chi connectivity index (χ3n) is 3.64. The minimum atomic E-state index is -1.19. The van der Waals surface area contributed by atoms with Gasteiger partial charge in [0.05, 0.1) is 16.8 Å². The third kappa shape index (κ3) is 2.91. The van der Waals surface area contributed by atoms with Gasteiger partial charge in [0.1, 0.15) is 0 Å². The van der Waals surface area contributed by atoms with E-state index in [9.17, 15) is 24.8 Å². The predicted octanol–water partition coefficient (Wildman–Crippen LogP) is 2.04. The Morgan fingerprint density at radius 1 is 1.14 bits per heavy atom. The van der Waals surface area contributed by atoms with Crippen molar-refractivity contribution < 1.29 is 24.7 Å². The molecule has 1 aliphatic carbocycles.